The van der Waals surface area contributed by atoms with Crippen molar-refractivity contribution in [1.29, 1.82) is 0 Å². The second kappa shape index (κ2) is 76.8. The fraction of sp³-hybridized carbons (Fsp3) is 0.941. The van der Waals surface area contributed by atoms with E-state index in [0.29, 0.717) is 17.4 Å². The van der Waals surface area contributed by atoms with Gasteiger partial charge in [-0.1, -0.05) is 418 Å². The van der Waals surface area contributed by atoms with E-state index in [1.165, 1.54) is 392 Å². The number of esters is 2. The summed E-state index contributed by atoms with van der Waals surface area (Å²) < 4.78 is 22.9. The van der Waals surface area contributed by atoms with Crippen LogP contribution in [0.4, 0.5) is 0 Å². The molecule has 9 nitrogen and oxygen atoms in total. The number of likely N-dealkylation sites (N-methyl/N-ethyl adjacent to an activating group) is 1. The Bertz CT molecular complexity index is 1550. The molecule has 0 fully saturated rings. The maximum atomic E-state index is 13.0. The summed E-state index contributed by atoms with van der Waals surface area (Å²) in [6.45, 7) is 4.85. The van der Waals surface area contributed by atoms with Crippen molar-refractivity contribution in [3.8, 4) is 0 Å². The number of rotatable bonds is 81. The molecule has 0 heterocycles. The van der Waals surface area contributed by atoms with E-state index in [9.17, 15) is 19.5 Å². The Morgan fingerprint density at radius 1 is 0.309 bits per heavy atom. The normalized spacial score (nSPS) is 12.6. The average molecular weight is 1330 g/mol. The Hall–Kier alpha value is -1.97. The highest BCUT2D eigenvalue weighted by molar-refractivity contribution is 5.70. The molecule has 9 heteroatoms. The van der Waals surface area contributed by atoms with Crippen molar-refractivity contribution in [3.05, 3.63) is 12.2 Å². The van der Waals surface area contributed by atoms with Crippen molar-refractivity contribution < 1.29 is 42.9 Å². The molecule has 2 atom stereocenters. The second-order valence-electron chi connectivity index (χ2n) is 30.5. The zero-order valence-corrected chi connectivity index (χ0v) is 64.1. The smallest absolute Gasteiger partial charge is 0.306 e. The molecule has 0 N–H and O–H groups in total. The molecule has 0 aliphatic carbocycles. The fourth-order valence-electron chi connectivity index (χ4n) is 13.3. The Balaban J connectivity index is 3.91. The first-order valence-corrected chi connectivity index (χ1v) is 42.3. The van der Waals surface area contributed by atoms with Gasteiger partial charge in [0.2, 0.25) is 0 Å². The number of unbranched alkanes of at least 4 members (excludes halogenated alkanes) is 64. The predicted molar refractivity (Wildman–Crippen MR) is 403 cm³/mol. The summed E-state index contributed by atoms with van der Waals surface area (Å²) in [6.07, 6.45) is 93.7. The lowest BCUT2D eigenvalue weighted by Gasteiger charge is -2.26. The quantitative estimate of drug-likeness (QED) is 0.0195. The van der Waals surface area contributed by atoms with E-state index in [1.54, 1.807) is 0 Å². The molecule has 0 amide bonds. The van der Waals surface area contributed by atoms with Gasteiger partial charge in [-0.05, 0) is 38.5 Å². The van der Waals surface area contributed by atoms with Gasteiger partial charge in [-0.15, -0.1) is 0 Å². The van der Waals surface area contributed by atoms with Gasteiger partial charge in [0.25, 0.3) is 0 Å². The lowest BCUT2D eigenvalue weighted by Crippen LogP contribution is -2.44. The van der Waals surface area contributed by atoms with E-state index in [-0.39, 0.29) is 32.2 Å². The lowest BCUT2D eigenvalue weighted by molar-refractivity contribution is -0.870. The molecule has 0 rings (SSSR count). The number of carboxylic acids is 1. The molecule has 94 heavy (non-hydrogen) atoms. The molecular weight excluding hydrogens is 1160 g/mol. The van der Waals surface area contributed by atoms with Gasteiger partial charge in [-0.25, -0.2) is 0 Å². The van der Waals surface area contributed by atoms with Gasteiger partial charge in [0, 0.05) is 12.8 Å². The van der Waals surface area contributed by atoms with E-state index >= 15 is 0 Å². The van der Waals surface area contributed by atoms with E-state index in [4.69, 9.17) is 18.9 Å². The van der Waals surface area contributed by atoms with Crippen LogP contribution in [0, 0.1) is 0 Å². The molecule has 0 aromatic heterocycles. The van der Waals surface area contributed by atoms with Crippen LogP contribution in [-0.2, 0) is 33.3 Å². The number of allylic oxidation sites excluding steroid dienone is 2. The standard InChI is InChI=1S/C85H165NO8/c1-6-8-10-12-14-16-18-20-22-24-26-28-30-32-34-36-38-39-40-41-42-43-44-45-46-48-50-52-54-56-58-60-62-64-66-68-70-72-74-76-83(88)94-81(80-93-85(84(89)90)91-78-77-86(3,4)5)79-92-82(87)75-73-71-69-67-65-63-61-59-57-55-53-51-49-47-37-35-33-31-29-27-25-23-21-19-17-15-13-11-9-7-2/h24,26,81,85H,6-23,25,27-80H2,1-5H3/b26-24-. The molecule has 0 saturated carbocycles. The van der Waals surface area contributed by atoms with Gasteiger partial charge in [-0.2, -0.15) is 0 Å². The summed E-state index contributed by atoms with van der Waals surface area (Å²) in [5, 5.41) is 11.9. The van der Waals surface area contributed by atoms with Crippen molar-refractivity contribution >= 4 is 17.9 Å². The van der Waals surface area contributed by atoms with Crippen molar-refractivity contribution in [2.75, 3.05) is 47.5 Å². The van der Waals surface area contributed by atoms with Crippen LogP contribution in [0.2, 0.25) is 0 Å². The van der Waals surface area contributed by atoms with Gasteiger partial charge >= 0.3 is 11.9 Å². The summed E-state index contributed by atoms with van der Waals surface area (Å²) in [7, 11) is 5.96. The molecule has 0 spiro atoms. The number of hydrogen-bond donors (Lipinski definition) is 0. The Morgan fingerprint density at radius 3 is 0.787 bits per heavy atom. The monoisotopic (exact) mass is 1330 g/mol. The number of carboxylic acid groups (broad SMARTS) is 1. The van der Waals surface area contributed by atoms with Crippen LogP contribution in [0.5, 0.6) is 0 Å². The Morgan fingerprint density at radius 2 is 0.543 bits per heavy atom. The van der Waals surface area contributed by atoms with Gasteiger partial charge in [-0.3, -0.25) is 9.59 Å². The first kappa shape index (κ1) is 92.0. The highest BCUT2D eigenvalue weighted by atomic mass is 16.7. The summed E-state index contributed by atoms with van der Waals surface area (Å²) in [6, 6.07) is 0. The van der Waals surface area contributed by atoms with Gasteiger partial charge in [0.15, 0.2) is 12.4 Å². The van der Waals surface area contributed by atoms with Crippen LogP contribution in [0.15, 0.2) is 12.2 Å². The first-order valence-electron chi connectivity index (χ1n) is 42.3. The zero-order chi connectivity index (χ0) is 68.2. The molecule has 0 aromatic rings. The van der Waals surface area contributed by atoms with Crippen LogP contribution >= 0.6 is 0 Å². The van der Waals surface area contributed by atoms with Crippen LogP contribution in [-0.4, -0.2) is 82.3 Å². The molecule has 0 aromatic carbocycles. The minimum absolute atomic E-state index is 0.153. The second-order valence-corrected chi connectivity index (χ2v) is 30.5. The average Bonchev–Trinajstić information content (AvgIpc) is 3.76. The van der Waals surface area contributed by atoms with E-state index in [0.717, 1.165) is 38.5 Å². The minimum Gasteiger partial charge on any atom is -0.545 e. The van der Waals surface area contributed by atoms with Crippen molar-refractivity contribution in [2.45, 2.75) is 469 Å². The summed E-state index contributed by atoms with van der Waals surface area (Å²) in [5.74, 6) is -2.24. The fourth-order valence-corrected chi connectivity index (χ4v) is 13.3. The largest absolute Gasteiger partial charge is 0.545 e. The number of nitrogens with zero attached hydrogens (tertiary/aromatic N) is 1. The topological polar surface area (TPSA) is 111 Å². The summed E-state index contributed by atoms with van der Waals surface area (Å²) in [4.78, 5) is 37.6. The number of carbonyl (C=O) groups excluding carboxylic acids is 3. The third-order valence-corrected chi connectivity index (χ3v) is 19.8. The molecule has 558 valence electrons. The van der Waals surface area contributed by atoms with E-state index in [1.807, 2.05) is 21.1 Å². The van der Waals surface area contributed by atoms with Gasteiger partial charge in [0.05, 0.1) is 40.3 Å². The van der Waals surface area contributed by atoms with Gasteiger partial charge < -0.3 is 33.3 Å². The number of aliphatic carboxylic acids is 1. The molecular formula is C85H165NO8. The molecule has 0 radical (unpaired) electrons. The SMILES string of the molecule is CCCCCCCCCC/C=C\CCCCCCCCCCCCCCCCCCCCCCCCCCCCCC(=O)OC(COC(=O)CCCCCCCCCCCCCCCCCCCCCCCCCCCCCCCC)COC(OCC[N+](C)(C)C)C(=O)[O-]. The summed E-state index contributed by atoms with van der Waals surface area (Å²) >= 11 is 0. The number of quaternary nitrogens is 1. The molecule has 0 bridgehead atoms. The molecule has 2 unspecified atom stereocenters. The Labute approximate surface area is 586 Å². The maximum absolute atomic E-state index is 13.0. The highest BCUT2D eigenvalue weighted by Crippen LogP contribution is 2.21. The molecule has 0 saturated heterocycles. The molecule has 0 aliphatic rings. The number of carbonyl (C=O) groups is 3. The summed E-state index contributed by atoms with van der Waals surface area (Å²) in [5.41, 5.74) is 0. The lowest BCUT2D eigenvalue weighted by atomic mass is 10.0. The van der Waals surface area contributed by atoms with E-state index in [2.05, 4.69) is 26.0 Å². The van der Waals surface area contributed by atoms with Crippen molar-refractivity contribution in [2.24, 2.45) is 0 Å². The molecule has 0 aliphatic heterocycles. The third-order valence-electron chi connectivity index (χ3n) is 19.8. The van der Waals surface area contributed by atoms with Gasteiger partial charge in [0.1, 0.15) is 13.2 Å². The number of ether oxygens (including phenoxy) is 4. The Kier molecular flexibility index (Phi) is 75.2. The van der Waals surface area contributed by atoms with Crippen LogP contribution in [0.1, 0.15) is 457 Å². The minimum atomic E-state index is -1.62. The number of hydrogen-bond acceptors (Lipinski definition) is 8. The predicted octanol–water partition coefficient (Wildman–Crippen LogP) is 25.8. The van der Waals surface area contributed by atoms with Crippen LogP contribution in [0.3, 0.4) is 0 Å². The zero-order valence-electron chi connectivity index (χ0n) is 64.1. The van der Waals surface area contributed by atoms with Crippen LogP contribution < -0.4 is 5.11 Å². The van der Waals surface area contributed by atoms with Crippen molar-refractivity contribution in [1.82, 2.24) is 0 Å². The highest BCUT2D eigenvalue weighted by Gasteiger charge is 2.22. The van der Waals surface area contributed by atoms with Crippen molar-refractivity contribution in [3.63, 3.8) is 0 Å². The first-order chi connectivity index (χ1) is 46.1. The maximum Gasteiger partial charge on any atom is 0.306 e. The van der Waals surface area contributed by atoms with Crippen LogP contribution in [0.25, 0.3) is 0 Å². The van der Waals surface area contributed by atoms with E-state index < -0.39 is 24.3 Å². The third kappa shape index (κ3) is 77.4.